The van der Waals surface area contributed by atoms with E-state index in [1.165, 1.54) is 11.8 Å². The molecule has 3 heterocycles. The van der Waals surface area contributed by atoms with Gasteiger partial charge in [-0.1, -0.05) is 17.8 Å². The molecule has 0 saturated carbocycles. The van der Waals surface area contributed by atoms with Crippen LogP contribution >= 0.6 is 11.8 Å². The number of aromatic nitrogens is 2. The predicted octanol–water partition coefficient (Wildman–Crippen LogP) is 3.25. The maximum Gasteiger partial charge on any atom is 0.236 e. The van der Waals surface area contributed by atoms with Crippen molar-refractivity contribution < 1.29 is 4.79 Å². The van der Waals surface area contributed by atoms with Gasteiger partial charge in [0.05, 0.1) is 16.3 Å². The summed E-state index contributed by atoms with van der Waals surface area (Å²) in [6.07, 6.45) is 5.78. The van der Waals surface area contributed by atoms with Gasteiger partial charge in [-0.3, -0.25) is 4.79 Å². The summed E-state index contributed by atoms with van der Waals surface area (Å²) in [7, 11) is 0. The Morgan fingerprint density at radius 3 is 3.05 bits per heavy atom. The molecule has 1 aliphatic heterocycles. The van der Waals surface area contributed by atoms with Gasteiger partial charge in [0, 0.05) is 24.6 Å². The zero-order valence-electron chi connectivity index (χ0n) is 12.0. The van der Waals surface area contributed by atoms with E-state index in [1.54, 1.807) is 6.20 Å². The van der Waals surface area contributed by atoms with Crippen molar-refractivity contribution in [3.05, 3.63) is 48.4 Å². The predicted molar refractivity (Wildman–Crippen MR) is 84.0 cm³/mol. The van der Waals surface area contributed by atoms with Gasteiger partial charge in [0.15, 0.2) is 0 Å². The first kappa shape index (κ1) is 14.2. The van der Waals surface area contributed by atoms with Gasteiger partial charge in [-0.15, -0.1) is 0 Å². The molecule has 2 aromatic heterocycles. The highest BCUT2D eigenvalue weighted by atomic mass is 32.2. The number of thioether (sulfide) groups is 1. The number of hydrogen-bond acceptors (Lipinski definition) is 3. The number of H-pyrrole nitrogens is 1. The summed E-state index contributed by atoms with van der Waals surface area (Å²) >= 11 is 1.53. The molecule has 0 radical (unpaired) electrons. The van der Waals surface area contributed by atoms with Crippen LogP contribution in [0.5, 0.6) is 0 Å². The highest BCUT2D eigenvalue weighted by molar-refractivity contribution is 8.00. The van der Waals surface area contributed by atoms with Gasteiger partial charge < -0.3 is 9.88 Å². The van der Waals surface area contributed by atoms with E-state index in [2.05, 4.69) is 16.0 Å². The molecule has 0 unspecified atom stereocenters. The maximum atomic E-state index is 12.7. The van der Waals surface area contributed by atoms with E-state index < -0.39 is 0 Å². The Balaban J connectivity index is 1.69. The van der Waals surface area contributed by atoms with Crippen molar-refractivity contribution in [2.75, 3.05) is 6.54 Å². The molecule has 1 aliphatic rings. The summed E-state index contributed by atoms with van der Waals surface area (Å²) in [6, 6.07) is 10.0. The molecular formula is C16H19N3OS. The molecule has 4 nitrogen and oxygen atoms in total. The minimum atomic E-state index is -0.115. The summed E-state index contributed by atoms with van der Waals surface area (Å²) in [5.74, 6) is 0.197. The van der Waals surface area contributed by atoms with E-state index >= 15 is 0 Å². The van der Waals surface area contributed by atoms with Gasteiger partial charge >= 0.3 is 0 Å². The van der Waals surface area contributed by atoms with E-state index in [0.29, 0.717) is 0 Å². The molecule has 1 fully saturated rings. The van der Waals surface area contributed by atoms with E-state index in [-0.39, 0.29) is 17.2 Å². The number of likely N-dealkylation sites (tertiary alicyclic amines) is 1. The average Bonchev–Trinajstić information content (AvgIpc) is 3.18. The minimum Gasteiger partial charge on any atom is -0.363 e. The second-order valence-electron chi connectivity index (χ2n) is 5.24. The largest absolute Gasteiger partial charge is 0.363 e. The fourth-order valence-corrected chi connectivity index (χ4v) is 3.66. The number of carbonyl (C=O) groups excluding carboxylic acids is 1. The molecule has 0 aliphatic carbocycles. The topological polar surface area (TPSA) is 49.0 Å². The Hall–Kier alpha value is -1.75. The fourth-order valence-electron chi connectivity index (χ4n) is 2.79. The minimum absolute atomic E-state index is 0.115. The summed E-state index contributed by atoms with van der Waals surface area (Å²) in [6.45, 7) is 2.81. The van der Waals surface area contributed by atoms with Crippen LogP contribution in [0.1, 0.15) is 31.5 Å². The van der Waals surface area contributed by atoms with Crippen molar-refractivity contribution in [1.82, 2.24) is 14.9 Å². The van der Waals surface area contributed by atoms with Crippen LogP contribution in [0.25, 0.3) is 0 Å². The zero-order chi connectivity index (χ0) is 14.7. The summed E-state index contributed by atoms with van der Waals surface area (Å²) in [4.78, 5) is 22.2. The smallest absolute Gasteiger partial charge is 0.236 e. The van der Waals surface area contributed by atoms with Crippen LogP contribution in [-0.4, -0.2) is 32.6 Å². The number of carbonyl (C=O) groups is 1. The van der Waals surface area contributed by atoms with Crippen LogP contribution in [-0.2, 0) is 4.79 Å². The quantitative estimate of drug-likeness (QED) is 0.882. The molecule has 2 aromatic rings. The van der Waals surface area contributed by atoms with Crippen LogP contribution in [0.15, 0.2) is 47.8 Å². The van der Waals surface area contributed by atoms with E-state index in [4.69, 9.17) is 0 Å². The van der Waals surface area contributed by atoms with E-state index in [0.717, 1.165) is 30.1 Å². The molecule has 0 bridgehead atoms. The maximum absolute atomic E-state index is 12.7. The highest BCUT2D eigenvalue weighted by Crippen LogP contribution is 2.33. The molecule has 2 atom stereocenters. The lowest BCUT2D eigenvalue weighted by molar-refractivity contribution is -0.131. The van der Waals surface area contributed by atoms with Crippen LogP contribution in [0, 0.1) is 0 Å². The number of rotatable bonds is 4. The molecular weight excluding hydrogens is 282 g/mol. The number of pyridine rings is 1. The first-order chi connectivity index (χ1) is 10.3. The molecule has 1 amide bonds. The van der Waals surface area contributed by atoms with Gasteiger partial charge in [-0.05, 0) is 44.0 Å². The zero-order valence-corrected chi connectivity index (χ0v) is 12.8. The summed E-state index contributed by atoms with van der Waals surface area (Å²) < 4.78 is 0. The summed E-state index contributed by atoms with van der Waals surface area (Å²) in [5.41, 5.74) is 1.14. The average molecular weight is 301 g/mol. The Labute approximate surface area is 129 Å². The number of hydrogen-bond donors (Lipinski definition) is 1. The molecule has 5 heteroatoms. The first-order valence-corrected chi connectivity index (χ1v) is 8.15. The second-order valence-corrected chi connectivity index (χ2v) is 6.60. The standard InChI is InChI=1S/C16H19N3OS/c1-12(21-15-8-2-3-9-18-15)16(20)19-11-5-7-14(19)13-6-4-10-17-13/h2-4,6,8-10,12,14,17H,5,7,11H2,1H3/t12-,14-/m0/s1. The Kier molecular flexibility index (Phi) is 4.29. The second kappa shape index (κ2) is 6.35. The Morgan fingerprint density at radius 1 is 1.43 bits per heavy atom. The van der Waals surface area contributed by atoms with Crippen molar-refractivity contribution in [3.8, 4) is 0 Å². The van der Waals surface area contributed by atoms with Crippen LogP contribution in [0.3, 0.4) is 0 Å². The highest BCUT2D eigenvalue weighted by Gasteiger charge is 2.33. The number of aromatic amines is 1. The first-order valence-electron chi connectivity index (χ1n) is 7.27. The lowest BCUT2D eigenvalue weighted by atomic mass is 10.1. The van der Waals surface area contributed by atoms with Crippen LogP contribution < -0.4 is 0 Å². The number of nitrogens with one attached hydrogen (secondary N) is 1. The molecule has 0 aromatic carbocycles. The van der Waals surface area contributed by atoms with E-state index in [9.17, 15) is 4.79 Å². The van der Waals surface area contributed by atoms with Crippen molar-refractivity contribution in [2.24, 2.45) is 0 Å². The SMILES string of the molecule is C[C@H](Sc1ccccn1)C(=O)N1CCC[C@H]1c1ccc[nH]1. The third-order valence-electron chi connectivity index (χ3n) is 3.80. The van der Waals surface area contributed by atoms with Crippen LogP contribution in [0.4, 0.5) is 0 Å². The summed E-state index contributed by atoms with van der Waals surface area (Å²) in [5, 5.41) is 0.782. The van der Waals surface area contributed by atoms with Crippen molar-refractivity contribution in [2.45, 2.75) is 36.1 Å². The van der Waals surface area contributed by atoms with E-state index in [1.807, 2.05) is 42.3 Å². The lowest BCUT2D eigenvalue weighted by Crippen LogP contribution is -2.36. The Bertz CT molecular complexity index is 585. The lowest BCUT2D eigenvalue weighted by Gasteiger charge is -2.26. The van der Waals surface area contributed by atoms with Crippen molar-refractivity contribution >= 4 is 17.7 Å². The normalized spacial score (nSPS) is 19.7. The third kappa shape index (κ3) is 3.13. The van der Waals surface area contributed by atoms with Crippen molar-refractivity contribution in [3.63, 3.8) is 0 Å². The van der Waals surface area contributed by atoms with Gasteiger partial charge in [0.25, 0.3) is 0 Å². The van der Waals surface area contributed by atoms with Crippen LogP contribution in [0.2, 0.25) is 0 Å². The molecule has 3 rings (SSSR count). The van der Waals surface area contributed by atoms with Crippen molar-refractivity contribution in [1.29, 1.82) is 0 Å². The van der Waals surface area contributed by atoms with Gasteiger partial charge in [-0.2, -0.15) is 0 Å². The van der Waals surface area contributed by atoms with Gasteiger partial charge in [0.2, 0.25) is 5.91 Å². The number of nitrogens with zero attached hydrogens (tertiary/aromatic N) is 2. The molecule has 1 saturated heterocycles. The van der Waals surface area contributed by atoms with Gasteiger partial charge in [0.1, 0.15) is 0 Å². The van der Waals surface area contributed by atoms with Gasteiger partial charge in [-0.25, -0.2) is 4.98 Å². The molecule has 0 spiro atoms. The monoisotopic (exact) mass is 301 g/mol. The molecule has 1 N–H and O–H groups in total. The third-order valence-corrected chi connectivity index (χ3v) is 4.84. The Morgan fingerprint density at radius 2 is 2.33 bits per heavy atom. The molecule has 110 valence electrons. The molecule has 21 heavy (non-hydrogen) atoms. The number of amides is 1. The fraction of sp³-hybridized carbons (Fsp3) is 0.375.